The van der Waals surface area contributed by atoms with Gasteiger partial charge in [0.1, 0.15) is 11.5 Å². The van der Waals surface area contributed by atoms with E-state index in [0.29, 0.717) is 5.78 Å². The molecule has 2 rings (SSSR count). The van der Waals surface area contributed by atoms with Crippen LogP contribution in [-0.4, -0.2) is 12.9 Å². The number of Topliss-reactive ketones (excluding diaryl/α,β-unsaturated/α-hetero) is 1. The maximum Gasteiger partial charge on any atom is 0.140 e. The third-order valence-electron chi connectivity index (χ3n) is 3.07. The summed E-state index contributed by atoms with van der Waals surface area (Å²) in [5, 5.41) is 0. The molecule has 1 aliphatic carbocycles. The number of para-hydroxylation sites is 1. The Bertz CT molecular complexity index is 393. The summed E-state index contributed by atoms with van der Waals surface area (Å²) < 4.78 is 5.29. The van der Waals surface area contributed by atoms with Crippen molar-refractivity contribution in [2.75, 3.05) is 7.11 Å². The standard InChI is InChI=1S/C13H16O2.C2H2/c1-15-13-9-5-3-7-11(13)10-6-2-4-8-12(10)14;1-2/h3,5,7,9-10H,2,4,6,8H2,1H3;1-2H. The van der Waals surface area contributed by atoms with Gasteiger partial charge in [-0.15, -0.1) is 12.8 Å². The van der Waals surface area contributed by atoms with Gasteiger partial charge in [-0.25, -0.2) is 0 Å². The highest BCUT2D eigenvalue weighted by Gasteiger charge is 2.25. The van der Waals surface area contributed by atoms with E-state index >= 15 is 0 Å². The maximum atomic E-state index is 11.8. The lowest BCUT2D eigenvalue weighted by atomic mass is 9.82. The molecule has 1 atom stereocenters. The van der Waals surface area contributed by atoms with Gasteiger partial charge in [0.2, 0.25) is 0 Å². The van der Waals surface area contributed by atoms with E-state index in [4.69, 9.17) is 4.74 Å². The van der Waals surface area contributed by atoms with Crippen molar-refractivity contribution in [3.63, 3.8) is 0 Å². The molecule has 1 aromatic carbocycles. The van der Waals surface area contributed by atoms with Gasteiger partial charge in [0, 0.05) is 17.9 Å². The van der Waals surface area contributed by atoms with Gasteiger partial charge in [-0.3, -0.25) is 4.79 Å². The molecule has 0 amide bonds. The normalized spacial score (nSPS) is 19.0. The molecular formula is C15H18O2. The lowest BCUT2D eigenvalue weighted by Crippen LogP contribution is -2.17. The number of benzene rings is 1. The zero-order valence-corrected chi connectivity index (χ0v) is 10.2. The molecular weight excluding hydrogens is 212 g/mol. The van der Waals surface area contributed by atoms with Crippen LogP contribution in [0.1, 0.15) is 37.2 Å². The Morgan fingerprint density at radius 1 is 1.24 bits per heavy atom. The molecule has 0 aliphatic heterocycles. The van der Waals surface area contributed by atoms with Gasteiger partial charge in [0.15, 0.2) is 0 Å². The van der Waals surface area contributed by atoms with Crippen LogP contribution in [0, 0.1) is 12.8 Å². The molecule has 90 valence electrons. The first-order valence-electron chi connectivity index (χ1n) is 5.82. The second-order valence-electron chi connectivity index (χ2n) is 4.01. The van der Waals surface area contributed by atoms with Crippen molar-refractivity contribution in [1.82, 2.24) is 0 Å². The van der Waals surface area contributed by atoms with Gasteiger partial charge in [-0.2, -0.15) is 0 Å². The van der Waals surface area contributed by atoms with Gasteiger partial charge in [-0.05, 0) is 18.9 Å². The Kier molecular flexibility index (Phi) is 5.29. The minimum Gasteiger partial charge on any atom is -0.496 e. The van der Waals surface area contributed by atoms with Crippen LogP contribution in [0.4, 0.5) is 0 Å². The summed E-state index contributed by atoms with van der Waals surface area (Å²) in [6.07, 6.45) is 11.9. The lowest BCUT2D eigenvalue weighted by molar-refractivity contribution is -0.121. The minimum atomic E-state index is 0.0647. The molecule has 0 N–H and O–H groups in total. The fourth-order valence-electron chi connectivity index (χ4n) is 2.27. The van der Waals surface area contributed by atoms with Crippen LogP contribution in [0.3, 0.4) is 0 Å². The van der Waals surface area contributed by atoms with Crippen LogP contribution in [0.5, 0.6) is 5.75 Å². The largest absolute Gasteiger partial charge is 0.496 e. The van der Waals surface area contributed by atoms with Gasteiger partial charge >= 0.3 is 0 Å². The van der Waals surface area contributed by atoms with Gasteiger partial charge < -0.3 is 4.74 Å². The molecule has 0 saturated heterocycles. The van der Waals surface area contributed by atoms with Gasteiger partial charge in [0.05, 0.1) is 7.11 Å². The number of carbonyl (C=O) groups is 1. The van der Waals surface area contributed by atoms with E-state index in [0.717, 1.165) is 37.0 Å². The smallest absolute Gasteiger partial charge is 0.140 e. The van der Waals surface area contributed by atoms with Crippen LogP contribution in [0.2, 0.25) is 0 Å². The van der Waals surface area contributed by atoms with Crippen LogP contribution < -0.4 is 4.74 Å². The van der Waals surface area contributed by atoms with E-state index in [2.05, 4.69) is 12.8 Å². The SMILES string of the molecule is C#C.COc1ccccc1C1CCCCC1=O. The van der Waals surface area contributed by atoms with Crippen molar-refractivity contribution < 1.29 is 9.53 Å². The second-order valence-corrected chi connectivity index (χ2v) is 4.01. The van der Waals surface area contributed by atoms with Crippen molar-refractivity contribution in [3.8, 4) is 18.6 Å². The Balaban J connectivity index is 0.000000686. The number of methoxy groups -OCH3 is 1. The number of carbonyl (C=O) groups excluding carboxylic acids is 1. The average molecular weight is 230 g/mol. The van der Waals surface area contributed by atoms with Gasteiger partial charge in [-0.1, -0.05) is 24.6 Å². The Morgan fingerprint density at radius 2 is 1.94 bits per heavy atom. The molecule has 1 aliphatic rings. The van der Waals surface area contributed by atoms with Crippen molar-refractivity contribution >= 4 is 5.78 Å². The number of ketones is 1. The molecule has 0 heterocycles. The van der Waals surface area contributed by atoms with E-state index < -0.39 is 0 Å². The molecule has 2 heteroatoms. The van der Waals surface area contributed by atoms with Crippen LogP contribution in [0.15, 0.2) is 24.3 Å². The van der Waals surface area contributed by atoms with Gasteiger partial charge in [0.25, 0.3) is 0 Å². The Morgan fingerprint density at radius 3 is 2.59 bits per heavy atom. The zero-order chi connectivity index (χ0) is 12.7. The van der Waals surface area contributed by atoms with E-state index in [1.165, 1.54) is 0 Å². The molecule has 1 fully saturated rings. The van der Waals surface area contributed by atoms with E-state index in [-0.39, 0.29) is 5.92 Å². The zero-order valence-electron chi connectivity index (χ0n) is 10.2. The fourth-order valence-corrected chi connectivity index (χ4v) is 2.27. The van der Waals surface area contributed by atoms with Crippen LogP contribution in [-0.2, 0) is 4.79 Å². The molecule has 17 heavy (non-hydrogen) atoms. The predicted octanol–water partition coefficient (Wildman–Crippen LogP) is 3.17. The molecule has 0 spiro atoms. The first-order chi connectivity index (χ1) is 8.33. The average Bonchev–Trinajstić information content (AvgIpc) is 2.41. The third kappa shape index (κ3) is 3.10. The number of hydrogen-bond acceptors (Lipinski definition) is 2. The topological polar surface area (TPSA) is 26.3 Å². The molecule has 0 aromatic heterocycles. The quantitative estimate of drug-likeness (QED) is 0.729. The summed E-state index contributed by atoms with van der Waals surface area (Å²) in [5.41, 5.74) is 1.06. The molecule has 1 unspecified atom stereocenters. The summed E-state index contributed by atoms with van der Waals surface area (Å²) in [4.78, 5) is 11.8. The molecule has 2 nitrogen and oxygen atoms in total. The molecule has 0 bridgehead atoms. The lowest BCUT2D eigenvalue weighted by Gasteiger charge is -2.22. The van der Waals surface area contributed by atoms with Crippen molar-refractivity contribution in [1.29, 1.82) is 0 Å². The first kappa shape index (κ1) is 13.3. The highest BCUT2D eigenvalue weighted by Crippen LogP contribution is 2.34. The molecule has 0 radical (unpaired) electrons. The minimum absolute atomic E-state index is 0.0647. The number of rotatable bonds is 2. The van der Waals surface area contributed by atoms with Crippen molar-refractivity contribution in [2.45, 2.75) is 31.6 Å². The number of ether oxygens (including phenoxy) is 1. The number of hydrogen-bond donors (Lipinski definition) is 0. The molecule has 1 saturated carbocycles. The maximum absolute atomic E-state index is 11.8. The first-order valence-corrected chi connectivity index (χ1v) is 5.82. The summed E-state index contributed by atoms with van der Waals surface area (Å²) in [7, 11) is 1.66. The van der Waals surface area contributed by atoms with Crippen molar-refractivity contribution in [3.05, 3.63) is 29.8 Å². The molecule has 1 aromatic rings. The summed E-state index contributed by atoms with van der Waals surface area (Å²) >= 11 is 0. The van der Waals surface area contributed by atoms with Crippen molar-refractivity contribution in [2.24, 2.45) is 0 Å². The summed E-state index contributed by atoms with van der Waals surface area (Å²) in [6.45, 7) is 0. The second kappa shape index (κ2) is 6.75. The Labute approximate surface area is 103 Å². The Hall–Kier alpha value is -1.75. The summed E-state index contributed by atoms with van der Waals surface area (Å²) in [6, 6.07) is 7.85. The van der Waals surface area contributed by atoms with Crippen LogP contribution >= 0.6 is 0 Å². The highest BCUT2D eigenvalue weighted by atomic mass is 16.5. The monoisotopic (exact) mass is 230 g/mol. The predicted molar refractivity (Wildman–Crippen MR) is 69.1 cm³/mol. The highest BCUT2D eigenvalue weighted by molar-refractivity contribution is 5.87. The van der Waals surface area contributed by atoms with E-state index in [9.17, 15) is 4.79 Å². The van der Waals surface area contributed by atoms with Crippen LogP contribution in [0.25, 0.3) is 0 Å². The fraction of sp³-hybridized carbons (Fsp3) is 0.400. The third-order valence-corrected chi connectivity index (χ3v) is 3.07. The van der Waals surface area contributed by atoms with E-state index in [1.54, 1.807) is 7.11 Å². The summed E-state index contributed by atoms with van der Waals surface area (Å²) in [5.74, 6) is 1.28. The number of terminal acetylenes is 1. The van der Waals surface area contributed by atoms with E-state index in [1.807, 2.05) is 24.3 Å².